The highest BCUT2D eigenvalue weighted by atomic mass is 32.2. The summed E-state index contributed by atoms with van der Waals surface area (Å²) in [5.41, 5.74) is 1.58. The maximum absolute atomic E-state index is 13.9. The van der Waals surface area contributed by atoms with Crippen molar-refractivity contribution in [3.8, 4) is 0 Å². The highest BCUT2D eigenvalue weighted by molar-refractivity contribution is 8.14. The number of nitrogens with zero attached hydrogens (tertiary/aromatic N) is 1. The zero-order chi connectivity index (χ0) is 14.2. The first-order valence-electron chi connectivity index (χ1n) is 7.32. The molecule has 1 saturated carbocycles. The average Bonchev–Trinajstić information content (AvgIpc) is 2.80. The lowest BCUT2D eigenvalue weighted by Crippen LogP contribution is -2.32. The normalized spacial score (nSPS) is 29.6. The molecule has 20 heavy (non-hydrogen) atoms. The SMILES string of the molecule is Cc1ccc(NC2=NC3(CCC(C)CC3)CS2)c(F)c1. The third-order valence-electron chi connectivity index (χ3n) is 4.39. The highest BCUT2D eigenvalue weighted by Gasteiger charge is 2.38. The van der Waals surface area contributed by atoms with Crippen LogP contribution in [0.1, 0.15) is 38.2 Å². The lowest BCUT2D eigenvalue weighted by Gasteiger charge is -2.32. The fourth-order valence-electron chi connectivity index (χ4n) is 2.94. The van der Waals surface area contributed by atoms with E-state index >= 15 is 0 Å². The first kappa shape index (κ1) is 13.9. The van der Waals surface area contributed by atoms with Gasteiger partial charge in [0.2, 0.25) is 0 Å². The standard InChI is InChI=1S/C16H21FN2S/c1-11-5-7-16(8-6-11)10-20-15(19-16)18-14-4-3-12(2)9-13(14)17/h3-4,9,11H,5-8,10H2,1-2H3,(H,18,19). The predicted octanol–water partition coefficient (Wildman–Crippen LogP) is 4.60. The van der Waals surface area contributed by atoms with Gasteiger partial charge in [-0.05, 0) is 56.2 Å². The Hall–Kier alpha value is -1.03. The van der Waals surface area contributed by atoms with Crippen molar-refractivity contribution in [1.82, 2.24) is 0 Å². The zero-order valence-electron chi connectivity index (χ0n) is 12.1. The number of rotatable bonds is 1. The largest absolute Gasteiger partial charge is 0.333 e. The van der Waals surface area contributed by atoms with E-state index in [4.69, 9.17) is 4.99 Å². The lowest BCUT2D eigenvalue weighted by atomic mass is 9.79. The van der Waals surface area contributed by atoms with Crippen LogP contribution in [0.2, 0.25) is 0 Å². The lowest BCUT2D eigenvalue weighted by molar-refractivity contribution is 0.273. The van der Waals surface area contributed by atoms with Crippen LogP contribution in [0.4, 0.5) is 10.1 Å². The van der Waals surface area contributed by atoms with Gasteiger partial charge >= 0.3 is 0 Å². The van der Waals surface area contributed by atoms with E-state index in [2.05, 4.69) is 12.2 Å². The summed E-state index contributed by atoms with van der Waals surface area (Å²) in [7, 11) is 0. The molecule has 2 nitrogen and oxygen atoms in total. The monoisotopic (exact) mass is 292 g/mol. The van der Waals surface area contributed by atoms with E-state index in [0.29, 0.717) is 5.69 Å². The molecule has 0 aromatic heterocycles. The van der Waals surface area contributed by atoms with Crippen molar-refractivity contribution in [3.05, 3.63) is 29.6 Å². The average molecular weight is 292 g/mol. The number of aliphatic imine (C=N–C) groups is 1. The molecule has 0 radical (unpaired) electrons. The smallest absolute Gasteiger partial charge is 0.161 e. The third kappa shape index (κ3) is 2.85. The molecule has 1 aromatic rings. The minimum Gasteiger partial charge on any atom is -0.333 e. The summed E-state index contributed by atoms with van der Waals surface area (Å²) in [6.45, 7) is 4.21. The molecule has 0 bridgehead atoms. The van der Waals surface area contributed by atoms with Gasteiger partial charge in [0.25, 0.3) is 0 Å². The summed E-state index contributed by atoms with van der Waals surface area (Å²) in [6, 6.07) is 5.27. The molecule has 0 amide bonds. The number of anilines is 1. The fourth-order valence-corrected chi connectivity index (χ4v) is 4.14. The van der Waals surface area contributed by atoms with E-state index in [1.807, 2.05) is 13.0 Å². The van der Waals surface area contributed by atoms with Gasteiger partial charge in [0.1, 0.15) is 5.82 Å². The Morgan fingerprint density at radius 2 is 2.10 bits per heavy atom. The van der Waals surface area contributed by atoms with E-state index < -0.39 is 0 Å². The van der Waals surface area contributed by atoms with Crippen molar-refractivity contribution in [2.24, 2.45) is 10.9 Å². The second-order valence-electron chi connectivity index (χ2n) is 6.22. The predicted molar refractivity (Wildman–Crippen MR) is 85.0 cm³/mol. The number of nitrogens with one attached hydrogen (secondary N) is 1. The van der Waals surface area contributed by atoms with E-state index in [9.17, 15) is 4.39 Å². The molecule has 1 aromatic carbocycles. The Labute approximate surface area is 124 Å². The van der Waals surface area contributed by atoms with Crippen LogP contribution in [-0.4, -0.2) is 16.5 Å². The van der Waals surface area contributed by atoms with Crippen molar-refractivity contribution in [1.29, 1.82) is 0 Å². The van der Waals surface area contributed by atoms with Gasteiger partial charge in [-0.3, -0.25) is 4.99 Å². The Balaban J connectivity index is 1.72. The molecule has 2 aliphatic rings. The number of hydrogen-bond acceptors (Lipinski definition) is 3. The van der Waals surface area contributed by atoms with Gasteiger partial charge in [0.15, 0.2) is 5.17 Å². The Bertz CT molecular complexity index is 533. The first-order chi connectivity index (χ1) is 9.56. The molecule has 3 rings (SSSR count). The number of thioether (sulfide) groups is 1. The minimum atomic E-state index is -0.202. The number of hydrogen-bond donors (Lipinski definition) is 1. The summed E-state index contributed by atoms with van der Waals surface area (Å²) in [4.78, 5) is 4.87. The van der Waals surface area contributed by atoms with Crippen molar-refractivity contribution >= 4 is 22.6 Å². The van der Waals surface area contributed by atoms with Crippen LogP contribution in [0.25, 0.3) is 0 Å². The van der Waals surface area contributed by atoms with Crippen LogP contribution in [0.3, 0.4) is 0 Å². The molecular weight excluding hydrogens is 271 g/mol. The van der Waals surface area contributed by atoms with Gasteiger partial charge < -0.3 is 5.32 Å². The molecule has 1 aliphatic carbocycles. The summed E-state index contributed by atoms with van der Waals surface area (Å²) in [5.74, 6) is 1.66. The van der Waals surface area contributed by atoms with Crippen LogP contribution in [0.15, 0.2) is 23.2 Å². The maximum atomic E-state index is 13.9. The molecule has 4 heteroatoms. The summed E-state index contributed by atoms with van der Waals surface area (Å²) in [5, 5.41) is 4.03. The number of benzene rings is 1. The van der Waals surface area contributed by atoms with Crippen molar-refractivity contribution in [2.45, 2.75) is 45.1 Å². The third-order valence-corrected chi connectivity index (χ3v) is 5.54. The second kappa shape index (κ2) is 5.40. The zero-order valence-corrected chi connectivity index (χ0v) is 12.9. The van der Waals surface area contributed by atoms with E-state index in [0.717, 1.165) is 22.4 Å². The van der Waals surface area contributed by atoms with Crippen LogP contribution in [-0.2, 0) is 0 Å². The quantitative estimate of drug-likeness (QED) is 0.818. The molecule has 1 heterocycles. The first-order valence-corrected chi connectivity index (χ1v) is 8.31. The molecule has 0 unspecified atom stereocenters. The van der Waals surface area contributed by atoms with E-state index in [1.54, 1.807) is 23.9 Å². The fraction of sp³-hybridized carbons (Fsp3) is 0.562. The second-order valence-corrected chi connectivity index (χ2v) is 7.18. The number of aryl methyl sites for hydroxylation is 1. The number of halogens is 1. The molecule has 1 spiro atoms. The highest BCUT2D eigenvalue weighted by Crippen LogP contribution is 2.41. The van der Waals surface area contributed by atoms with E-state index in [-0.39, 0.29) is 11.4 Å². The molecule has 1 N–H and O–H groups in total. The number of amidine groups is 1. The summed E-state index contributed by atoms with van der Waals surface area (Å²) < 4.78 is 13.9. The summed E-state index contributed by atoms with van der Waals surface area (Å²) in [6.07, 6.45) is 4.86. The molecule has 0 saturated heterocycles. The molecule has 1 fully saturated rings. The summed E-state index contributed by atoms with van der Waals surface area (Å²) >= 11 is 1.73. The molecule has 1 aliphatic heterocycles. The van der Waals surface area contributed by atoms with Crippen molar-refractivity contribution in [2.75, 3.05) is 11.1 Å². The molecule has 0 atom stereocenters. The van der Waals surface area contributed by atoms with Gasteiger partial charge in [-0.1, -0.05) is 24.8 Å². The molecular formula is C16H21FN2S. The maximum Gasteiger partial charge on any atom is 0.161 e. The van der Waals surface area contributed by atoms with Crippen LogP contribution in [0.5, 0.6) is 0 Å². The Morgan fingerprint density at radius 3 is 2.80 bits per heavy atom. The van der Waals surface area contributed by atoms with Crippen LogP contribution >= 0.6 is 11.8 Å². The van der Waals surface area contributed by atoms with Gasteiger partial charge in [0, 0.05) is 5.75 Å². The van der Waals surface area contributed by atoms with E-state index in [1.165, 1.54) is 25.7 Å². The van der Waals surface area contributed by atoms with Gasteiger partial charge in [0.05, 0.1) is 11.2 Å². The molecule has 108 valence electrons. The topological polar surface area (TPSA) is 24.4 Å². The van der Waals surface area contributed by atoms with Crippen molar-refractivity contribution in [3.63, 3.8) is 0 Å². The van der Waals surface area contributed by atoms with Gasteiger partial charge in [-0.15, -0.1) is 0 Å². The van der Waals surface area contributed by atoms with Crippen LogP contribution in [0, 0.1) is 18.7 Å². The van der Waals surface area contributed by atoms with Gasteiger partial charge in [-0.25, -0.2) is 4.39 Å². The Kier molecular flexibility index (Phi) is 3.76. The van der Waals surface area contributed by atoms with Crippen molar-refractivity contribution < 1.29 is 4.39 Å². The van der Waals surface area contributed by atoms with Gasteiger partial charge in [-0.2, -0.15) is 0 Å². The minimum absolute atomic E-state index is 0.112. The Morgan fingerprint density at radius 1 is 1.35 bits per heavy atom. The van der Waals surface area contributed by atoms with Crippen LogP contribution < -0.4 is 5.32 Å².